The van der Waals surface area contributed by atoms with Crippen LogP contribution in [0.5, 0.6) is 0 Å². The number of allylic oxidation sites excluding steroid dienone is 2. The van der Waals surface area contributed by atoms with E-state index < -0.39 is 0 Å². The molecule has 0 fully saturated rings. The molecule has 5 heteroatoms. The van der Waals surface area contributed by atoms with E-state index >= 15 is 0 Å². The number of aliphatic imine (C=N–C) groups is 1. The number of rotatable bonds is 8. The van der Waals surface area contributed by atoms with E-state index in [2.05, 4.69) is 132 Å². The van der Waals surface area contributed by atoms with E-state index in [4.69, 9.17) is 9.79 Å². The first-order chi connectivity index (χ1) is 16.4. The van der Waals surface area contributed by atoms with Crippen LogP contribution in [-0.2, 0) is 4.79 Å². The summed E-state index contributed by atoms with van der Waals surface area (Å²) in [4.78, 5) is 13.8. The molecule has 0 bridgehead atoms. The molecule has 0 aliphatic carbocycles. The van der Waals surface area contributed by atoms with Gasteiger partial charge in [-0.15, -0.1) is 0 Å². The minimum absolute atomic E-state index is 0.444. The van der Waals surface area contributed by atoms with Crippen LogP contribution in [0.2, 0.25) is 0 Å². The van der Waals surface area contributed by atoms with Gasteiger partial charge in [-0.3, -0.25) is 0 Å². The van der Waals surface area contributed by atoms with Gasteiger partial charge in [0.05, 0.1) is 0 Å². The molecule has 0 aromatic heterocycles. The molecule has 0 aliphatic rings. The van der Waals surface area contributed by atoms with Crippen molar-refractivity contribution in [1.82, 2.24) is 0 Å². The number of carbonyl (C=O) groups excluding carboxylic acids is 1. The van der Waals surface area contributed by atoms with E-state index in [-0.39, 0.29) is 0 Å². The maximum absolute atomic E-state index is 8.65. The topological polar surface area (TPSA) is 32.7 Å². The average Bonchev–Trinajstić information content (AvgIpc) is 2.78. The molecule has 0 aliphatic heterocycles. The van der Waals surface area contributed by atoms with Crippen LogP contribution in [0, 0.1) is 0 Å². The van der Waals surface area contributed by atoms with Crippen molar-refractivity contribution in [1.29, 1.82) is 0 Å². The number of benzene rings is 2. The summed E-state index contributed by atoms with van der Waals surface area (Å²) in [6.07, 6.45) is 2.22. The molecule has 0 amide bonds. The Bertz CT molecular complexity index is 1030. The van der Waals surface area contributed by atoms with Crippen LogP contribution < -0.4 is 3.86 Å². The van der Waals surface area contributed by atoms with Gasteiger partial charge >= 0.3 is 232 Å². The molecule has 35 heavy (non-hydrogen) atoms. The van der Waals surface area contributed by atoms with Crippen LogP contribution >= 0.6 is 0 Å². The van der Waals surface area contributed by atoms with Gasteiger partial charge in [0, 0.05) is 0 Å². The fraction of sp³-hybridized carbons (Fsp3) is 0.467. The summed E-state index contributed by atoms with van der Waals surface area (Å²) >= 11 is 3.85. The second-order valence-electron chi connectivity index (χ2n) is 10.2. The number of para-hydroxylation sites is 2. The number of hydrogen-bond donors (Lipinski definition) is 0. The van der Waals surface area contributed by atoms with E-state index in [1.807, 2.05) is 0 Å². The van der Waals surface area contributed by atoms with Gasteiger partial charge in [-0.05, 0) is 0 Å². The molecule has 0 N–H and O–H groups in total. The third-order valence-corrected chi connectivity index (χ3v) is 7.18. The van der Waals surface area contributed by atoms with Gasteiger partial charge < -0.3 is 0 Å². The van der Waals surface area contributed by atoms with Gasteiger partial charge in [-0.2, -0.15) is 0 Å². The molecule has 2 rings (SSSR count). The predicted octanol–water partition coefficient (Wildman–Crippen LogP) is 7.99. The fourth-order valence-corrected chi connectivity index (χ4v) is 4.84. The summed E-state index contributed by atoms with van der Waals surface area (Å²) in [6.45, 7) is 22.4. The van der Waals surface area contributed by atoms with Crippen molar-refractivity contribution >= 4 is 54.9 Å². The summed E-state index contributed by atoms with van der Waals surface area (Å²) < 4.78 is 3.79. The molecule has 0 saturated carbocycles. The van der Waals surface area contributed by atoms with Crippen molar-refractivity contribution < 1.29 is 4.79 Å². The van der Waals surface area contributed by atoms with Crippen molar-refractivity contribution in [2.75, 3.05) is 3.86 Å². The molecule has 186 valence electrons. The molecular formula is C30H41AsGeN2O. The summed E-state index contributed by atoms with van der Waals surface area (Å²) in [5, 5.41) is 0. The van der Waals surface area contributed by atoms with E-state index in [9.17, 15) is 0 Å². The third kappa shape index (κ3) is 8.74. The van der Waals surface area contributed by atoms with E-state index in [0.717, 1.165) is 11.4 Å². The zero-order valence-corrected chi connectivity index (χ0v) is 27.1. The van der Waals surface area contributed by atoms with Gasteiger partial charge in [0.25, 0.3) is 0 Å². The van der Waals surface area contributed by atoms with Crippen molar-refractivity contribution in [3.05, 3.63) is 70.4 Å². The summed E-state index contributed by atoms with van der Waals surface area (Å²) in [5.74, 6) is 1.83. The quantitative estimate of drug-likeness (QED) is 0.230. The molecule has 4 radical (unpaired) electrons. The van der Waals surface area contributed by atoms with Crippen molar-refractivity contribution in [2.45, 2.75) is 92.9 Å². The van der Waals surface area contributed by atoms with Crippen LogP contribution in [-0.4, -0.2) is 43.5 Å². The fourth-order valence-electron chi connectivity index (χ4n) is 4.16. The molecular weight excluding hydrogens is 552 g/mol. The molecule has 3 nitrogen and oxygen atoms in total. The van der Waals surface area contributed by atoms with Gasteiger partial charge in [0.1, 0.15) is 0 Å². The van der Waals surface area contributed by atoms with Gasteiger partial charge in [-0.25, -0.2) is 0 Å². The summed E-state index contributed by atoms with van der Waals surface area (Å²) in [6, 6.07) is 13.3. The Morgan fingerprint density at radius 1 is 0.829 bits per heavy atom. The van der Waals surface area contributed by atoms with Crippen LogP contribution in [0.15, 0.2) is 53.2 Å². The zero-order chi connectivity index (χ0) is 26.9. The monoisotopic (exact) mass is 594 g/mol. The normalized spacial score (nSPS) is 12.2. The van der Waals surface area contributed by atoms with Gasteiger partial charge in [0.15, 0.2) is 0 Å². The Morgan fingerprint density at radius 3 is 1.51 bits per heavy atom. The minimum atomic E-state index is 0.444. The zero-order valence-electron chi connectivity index (χ0n) is 23.1. The number of nitrogens with zero attached hydrogens (tertiary/aromatic N) is 2. The van der Waals surface area contributed by atoms with Gasteiger partial charge in [0.2, 0.25) is 0 Å². The average molecular weight is 593 g/mol. The number of hydrogen-bond acceptors (Lipinski definition) is 3. The molecule has 0 spiro atoms. The van der Waals surface area contributed by atoms with Crippen LogP contribution in [0.4, 0.5) is 11.4 Å². The van der Waals surface area contributed by atoms with Crippen LogP contribution in [0.1, 0.15) is 115 Å². The van der Waals surface area contributed by atoms with Gasteiger partial charge in [-0.1, -0.05) is 0 Å². The molecule has 0 unspecified atom stereocenters. The number of anilines is 1. The Balaban J connectivity index is 0.00000194. The van der Waals surface area contributed by atoms with E-state index in [0.29, 0.717) is 23.7 Å². The first kappa shape index (κ1) is 31.4. The third-order valence-electron chi connectivity index (χ3n) is 5.97. The Labute approximate surface area is 231 Å². The molecule has 0 saturated heterocycles. The van der Waals surface area contributed by atoms with Crippen LogP contribution in [0.25, 0.3) is 0 Å². The van der Waals surface area contributed by atoms with Crippen LogP contribution in [0.3, 0.4) is 0 Å². The predicted molar refractivity (Wildman–Crippen MR) is 155 cm³/mol. The second-order valence-corrected chi connectivity index (χ2v) is 11.5. The first-order valence-electron chi connectivity index (χ1n) is 12.4. The Hall–Kier alpha value is -1.67. The van der Waals surface area contributed by atoms with Crippen molar-refractivity contribution in [2.24, 2.45) is 4.99 Å². The standard InChI is InChI=1S/C29H41GeN2.CAsO/c1-18(2)24-13-11-14-25(19(3)4)28(24)31-22(9)17-23(10)32(30)29-26(20(5)6)15-12-16-27(29)21(7)8;2-1-3/h11-21H,1-10H3;/b23-17-,31-22?;. The molecule has 0 heterocycles. The Morgan fingerprint density at radius 2 is 1.17 bits per heavy atom. The molecule has 2 aromatic rings. The SMILES string of the molecule is CC(/C=C(/C)[N]([Ge])c1c(C(C)C)cccc1C(C)C)=Nc1c(C(C)C)cccc1C(C)C.O=C=[As]. The van der Waals surface area contributed by atoms with E-state index in [1.165, 1.54) is 38.3 Å². The Kier molecular flexibility index (Phi) is 13.2. The first-order valence-corrected chi connectivity index (χ1v) is 14.3. The summed E-state index contributed by atoms with van der Waals surface area (Å²) in [7, 11) is 0. The molecule has 2 aromatic carbocycles. The second kappa shape index (κ2) is 14.8. The van der Waals surface area contributed by atoms with E-state index in [1.54, 1.807) is 16.4 Å². The summed E-state index contributed by atoms with van der Waals surface area (Å²) in [5.41, 5.74) is 10.2. The molecule has 0 atom stereocenters. The van der Waals surface area contributed by atoms with Crippen molar-refractivity contribution in [3.63, 3.8) is 0 Å². The van der Waals surface area contributed by atoms with Crippen molar-refractivity contribution in [3.8, 4) is 0 Å². The maximum atomic E-state index is 8.65.